The first-order valence-electron chi connectivity index (χ1n) is 9.23. The van der Waals surface area contributed by atoms with Crippen LogP contribution < -0.4 is 24.3 Å². The first-order chi connectivity index (χ1) is 13.6. The van der Waals surface area contributed by atoms with Crippen LogP contribution in [0.25, 0.3) is 0 Å². The summed E-state index contributed by atoms with van der Waals surface area (Å²) >= 11 is 6.30. The van der Waals surface area contributed by atoms with Gasteiger partial charge in [0.2, 0.25) is 0 Å². The second-order valence-corrected chi connectivity index (χ2v) is 6.23. The number of methoxy groups -OCH3 is 1. The van der Waals surface area contributed by atoms with Gasteiger partial charge in [-0.3, -0.25) is 4.79 Å². The minimum absolute atomic E-state index is 0.270. The Labute approximate surface area is 170 Å². The lowest BCUT2D eigenvalue weighted by Gasteiger charge is -2.15. The number of nitrogens with one attached hydrogen (secondary N) is 1. The third-order valence-electron chi connectivity index (χ3n) is 3.74. The number of para-hydroxylation sites is 2. The van der Waals surface area contributed by atoms with Crippen molar-refractivity contribution in [2.75, 3.05) is 33.5 Å². The van der Waals surface area contributed by atoms with Gasteiger partial charge in [0.1, 0.15) is 6.61 Å². The number of amides is 1. The second kappa shape index (κ2) is 11.3. The van der Waals surface area contributed by atoms with Gasteiger partial charge in [-0.15, -0.1) is 0 Å². The molecule has 0 atom stereocenters. The Morgan fingerprint density at radius 3 is 2.43 bits per heavy atom. The third kappa shape index (κ3) is 5.96. The first-order valence-corrected chi connectivity index (χ1v) is 9.61. The van der Waals surface area contributed by atoms with Gasteiger partial charge in [-0.25, -0.2) is 0 Å². The average Bonchev–Trinajstić information content (AvgIpc) is 2.70. The van der Waals surface area contributed by atoms with E-state index in [9.17, 15) is 4.79 Å². The van der Waals surface area contributed by atoms with Crippen molar-refractivity contribution in [3.8, 4) is 23.0 Å². The molecule has 6 nitrogen and oxygen atoms in total. The average molecular weight is 408 g/mol. The molecule has 0 aromatic heterocycles. The molecular formula is C21H26ClNO5. The van der Waals surface area contributed by atoms with Crippen molar-refractivity contribution in [1.29, 1.82) is 0 Å². The molecule has 7 heteroatoms. The molecule has 28 heavy (non-hydrogen) atoms. The molecule has 0 radical (unpaired) electrons. The zero-order chi connectivity index (χ0) is 20.4. The smallest absolute Gasteiger partial charge is 0.251 e. The van der Waals surface area contributed by atoms with E-state index in [1.807, 2.05) is 38.1 Å². The third-order valence-corrected chi connectivity index (χ3v) is 4.02. The van der Waals surface area contributed by atoms with Gasteiger partial charge in [-0.2, -0.15) is 0 Å². The van der Waals surface area contributed by atoms with E-state index in [1.165, 1.54) is 0 Å². The maximum absolute atomic E-state index is 12.5. The Kier molecular flexibility index (Phi) is 8.75. The van der Waals surface area contributed by atoms with E-state index >= 15 is 0 Å². The topological polar surface area (TPSA) is 66.0 Å². The molecule has 0 heterocycles. The molecule has 0 saturated carbocycles. The zero-order valence-corrected chi connectivity index (χ0v) is 17.2. The van der Waals surface area contributed by atoms with Crippen molar-refractivity contribution < 1.29 is 23.7 Å². The SMILES string of the molecule is CCCOc1c(Cl)cc(C(=O)NCCOc2ccccc2OC)cc1OCC. The number of carbonyl (C=O) groups is 1. The highest BCUT2D eigenvalue weighted by Gasteiger charge is 2.16. The minimum atomic E-state index is -0.270. The van der Waals surface area contributed by atoms with Crippen LogP contribution in [0.2, 0.25) is 5.02 Å². The quantitative estimate of drug-likeness (QED) is 0.561. The van der Waals surface area contributed by atoms with Crippen LogP contribution in [0.1, 0.15) is 30.6 Å². The predicted molar refractivity (Wildman–Crippen MR) is 109 cm³/mol. The molecule has 2 aromatic rings. The number of hydrogen-bond donors (Lipinski definition) is 1. The lowest BCUT2D eigenvalue weighted by Crippen LogP contribution is -2.28. The molecule has 152 valence electrons. The van der Waals surface area contributed by atoms with E-state index in [4.69, 9.17) is 30.5 Å². The lowest BCUT2D eigenvalue weighted by atomic mass is 10.2. The number of carbonyl (C=O) groups excluding carboxylic acids is 1. The van der Waals surface area contributed by atoms with Crippen molar-refractivity contribution in [2.45, 2.75) is 20.3 Å². The standard InChI is InChI=1S/C21H26ClNO5/c1-4-11-28-20-16(22)13-15(14-19(20)26-5-2)21(24)23-10-12-27-18-9-7-6-8-17(18)25-3/h6-9,13-14H,4-5,10-12H2,1-3H3,(H,23,24). The number of benzene rings is 2. The second-order valence-electron chi connectivity index (χ2n) is 5.82. The Morgan fingerprint density at radius 1 is 1.00 bits per heavy atom. The van der Waals surface area contributed by atoms with Gasteiger partial charge in [0, 0.05) is 5.56 Å². The van der Waals surface area contributed by atoms with Crippen molar-refractivity contribution in [3.63, 3.8) is 0 Å². The van der Waals surface area contributed by atoms with Gasteiger partial charge in [-0.1, -0.05) is 30.7 Å². The summed E-state index contributed by atoms with van der Waals surface area (Å²) in [5.41, 5.74) is 0.398. The van der Waals surface area contributed by atoms with E-state index in [0.29, 0.717) is 59.9 Å². The molecule has 2 aromatic carbocycles. The molecule has 0 aliphatic carbocycles. The Hall–Kier alpha value is -2.60. The minimum Gasteiger partial charge on any atom is -0.493 e. The molecule has 0 fully saturated rings. The monoisotopic (exact) mass is 407 g/mol. The fourth-order valence-electron chi connectivity index (χ4n) is 2.47. The summed E-state index contributed by atoms with van der Waals surface area (Å²) in [5.74, 6) is 1.91. The van der Waals surface area contributed by atoms with Crippen LogP contribution >= 0.6 is 11.6 Å². The van der Waals surface area contributed by atoms with E-state index in [0.717, 1.165) is 6.42 Å². The Balaban J connectivity index is 1.97. The van der Waals surface area contributed by atoms with Gasteiger partial charge in [0.05, 0.1) is 31.9 Å². The summed E-state index contributed by atoms with van der Waals surface area (Å²) in [6, 6.07) is 10.6. The van der Waals surface area contributed by atoms with Crippen molar-refractivity contribution >= 4 is 17.5 Å². The lowest BCUT2D eigenvalue weighted by molar-refractivity contribution is 0.0946. The molecule has 2 rings (SSSR count). The van der Waals surface area contributed by atoms with Crippen molar-refractivity contribution in [2.24, 2.45) is 0 Å². The number of halogens is 1. The molecule has 0 saturated heterocycles. The summed E-state index contributed by atoms with van der Waals surface area (Å²) in [7, 11) is 1.58. The highest BCUT2D eigenvalue weighted by atomic mass is 35.5. The van der Waals surface area contributed by atoms with Gasteiger partial charge < -0.3 is 24.3 Å². The number of hydrogen-bond acceptors (Lipinski definition) is 5. The molecular weight excluding hydrogens is 382 g/mol. The predicted octanol–water partition coefficient (Wildman–Crippen LogP) is 4.34. The Morgan fingerprint density at radius 2 is 1.75 bits per heavy atom. The molecule has 0 aliphatic heterocycles. The highest BCUT2D eigenvalue weighted by molar-refractivity contribution is 6.32. The van der Waals surface area contributed by atoms with Crippen molar-refractivity contribution in [3.05, 3.63) is 47.0 Å². The molecule has 0 unspecified atom stereocenters. The molecule has 0 bridgehead atoms. The first kappa shape index (κ1) is 21.7. The van der Waals surface area contributed by atoms with Crippen LogP contribution in [0.5, 0.6) is 23.0 Å². The largest absolute Gasteiger partial charge is 0.493 e. The van der Waals surface area contributed by atoms with E-state index < -0.39 is 0 Å². The van der Waals surface area contributed by atoms with Crippen LogP contribution in [-0.4, -0.2) is 39.4 Å². The van der Waals surface area contributed by atoms with Gasteiger partial charge >= 0.3 is 0 Å². The molecule has 0 spiro atoms. The van der Waals surface area contributed by atoms with Crippen LogP contribution in [0.15, 0.2) is 36.4 Å². The maximum Gasteiger partial charge on any atom is 0.251 e. The summed E-state index contributed by atoms with van der Waals surface area (Å²) in [4.78, 5) is 12.5. The van der Waals surface area contributed by atoms with E-state index in [2.05, 4.69) is 5.32 Å². The fraction of sp³-hybridized carbons (Fsp3) is 0.381. The molecule has 0 aliphatic rings. The highest BCUT2D eigenvalue weighted by Crippen LogP contribution is 2.36. The van der Waals surface area contributed by atoms with E-state index in [-0.39, 0.29) is 5.91 Å². The fourth-order valence-corrected chi connectivity index (χ4v) is 2.74. The van der Waals surface area contributed by atoms with Crippen molar-refractivity contribution in [1.82, 2.24) is 5.32 Å². The Bertz CT molecular complexity index is 781. The van der Waals surface area contributed by atoms with E-state index in [1.54, 1.807) is 19.2 Å². The summed E-state index contributed by atoms with van der Waals surface area (Å²) in [5, 5.41) is 3.15. The number of rotatable bonds is 11. The van der Waals surface area contributed by atoms with Crippen LogP contribution in [-0.2, 0) is 0 Å². The van der Waals surface area contributed by atoms with Crippen LogP contribution in [0, 0.1) is 0 Å². The summed E-state index contributed by atoms with van der Waals surface area (Å²) in [6.07, 6.45) is 0.844. The zero-order valence-electron chi connectivity index (χ0n) is 16.4. The molecule has 1 N–H and O–H groups in total. The van der Waals surface area contributed by atoms with Gasteiger partial charge in [-0.05, 0) is 37.6 Å². The molecule has 1 amide bonds. The number of ether oxygens (including phenoxy) is 4. The maximum atomic E-state index is 12.5. The summed E-state index contributed by atoms with van der Waals surface area (Å²) in [6.45, 7) is 5.45. The normalized spacial score (nSPS) is 10.3. The van der Waals surface area contributed by atoms with Gasteiger partial charge in [0.25, 0.3) is 5.91 Å². The van der Waals surface area contributed by atoms with Gasteiger partial charge in [0.15, 0.2) is 23.0 Å². The van der Waals surface area contributed by atoms with Crippen LogP contribution in [0.3, 0.4) is 0 Å². The van der Waals surface area contributed by atoms with Crippen LogP contribution in [0.4, 0.5) is 0 Å². The summed E-state index contributed by atoms with van der Waals surface area (Å²) < 4.78 is 22.1.